The number of aromatic nitrogens is 2. The van der Waals surface area contributed by atoms with Gasteiger partial charge in [-0.25, -0.2) is 9.37 Å². The van der Waals surface area contributed by atoms with E-state index in [2.05, 4.69) is 9.97 Å². The van der Waals surface area contributed by atoms with E-state index in [1.807, 2.05) is 45.0 Å². The molecule has 0 N–H and O–H groups in total. The van der Waals surface area contributed by atoms with E-state index in [4.69, 9.17) is 0 Å². The van der Waals surface area contributed by atoms with Crippen LogP contribution in [0.25, 0.3) is 22.2 Å². The second-order valence-corrected chi connectivity index (χ2v) is 4.19. The third-order valence-corrected chi connectivity index (χ3v) is 2.85. The standard InChI is InChI=1S/C15H11FN2.C2H6/c1-10-9-17-14-7-6-11(8-15(14)18-10)12-4-2-3-5-13(12)16;1-2/h2-9H,1H3;1-2H3. The van der Waals surface area contributed by atoms with Crippen molar-refractivity contribution in [3.05, 3.63) is 60.2 Å². The number of hydrogen-bond donors (Lipinski definition) is 0. The quantitative estimate of drug-likeness (QED) is 0.635. The zero-order valence-corrected chi connectivity index (χ0v) is 11.9. The van der Waals surface area contributed by atoms with Crippen molar-refractivity contribution in [2.45, 2.75) is 20.8 Å². The fraction of sp³-hybridized carbons (Fsp3) is 0.176. The Morgan fingerprint density at radius 1 is 0.950 bits per heavy atom. The van der Waals surface area contributed by atoms with Crippen LogP contribution in [0.3, 0.4) is 0 Å². The maximum Gasteiger partial charge on any atom is 0.131 e. The largest absolute Gasteiger partial charge is 0.253 e. The molecular formula is C17H17FN2. The summed E-state index contributed by atoms with van der Waals surface area (Å²) in [5, 5.41) is 0. The van der Waals surface area contributed by atoms with Crippen LogP contribution in [-0.4, -0.2) is 9.97 Å². The van der Waals surface area contributed by atoms with Crippen molar-refractivity contribution >= 4 is 11.0 Å². The van der Waals surface area contributed by atoms with Crippen molar-refractivity contribution < 1.29 is 4.39 Å². The molecule has 3 heteroatoms. The second-order valence-electron chi connectivity index (χ2n) is 4.19. The number of fused-ring (bicyclic) bond motifs is 1. The number of nitrogens with zero attached hydrogens (tertiary/aromatic N) is 2. The summed E-state index contributed by atoms with van der Waals surface area (Å²) >= 11 is 0. The predicted octanol–water partition coefficient (Wildman–Crippen LogP) is 4.77. The lowest BCUT2D eigenvalue weighted by Crippen LogP contribution is -1.89. The number of halogens is 1. The molecule has 0 bridgehead atoms. The van der Waals surface area contributed by atoms with Crippen LogP contribution in [0.1, 0.15) is 19.5 Å². The molecule has 0 atom stereocenters. The van der Waals surface area contributed by atoms with Crippen LogP contribution in [0.5, 0.6) is 0 Å². The van der Waals surface area contributed by atoms with E-state index in [0.29, 0.717) is 5.56 Å². The first-order chi connectivity index (χ1) is 9.74. The molecule has 0 aliphatic carbocycles. The molecule has 0 aliphatic rings. The average Bonchev–Trinajstić information content (AvgIpc) is 2.49. The molecule has 2 aromatic carbocycles. The summed E-state index contributed by atoms with van der Waals surface area (Å²) in [6.07, 6.45) is 1.73. The highest BCUT2D eigenvalue weighted by molar-refractivity contribution is 5.81. The molecule has 2 nitrogen and oxygen atoms in total. The Kier molecular flexibility index (Phi) is 4.41. The Labute approximate surface area is 118 Å². The van der Waals surface area contributed by atoms with Gasteiger partial charge in [-0.1, -0.05) is 38.1 Å². The van der Waals surface area contributed by atoms with Crippen molar-refractivity contribution in [2.75, 3.05) is 0 Å². The van der Waals surface area contributed by atoms with Crippen LogP contribution in [0.2, 0.25) is 0 Å². The molecule has 1 heterocycles. The summed E-state index contributed by atoms with van der Waals surface area (Å²) in [4.78, 5) is 8.69. The Balaban J connectivity index is 0.000000704. The lowest BCUT2D eigenvalue weighted by Gasteiger charge is -2.05. The number of benzene rings is 2. The molecule has 3 aromatic rings. The summed E-state index contributed by atoms with van der Waals surface area (Å²) in [6.45, 7) is 5.89. The van der Waals surface area contributed by atoms with E-state index < -0.39 is 0 Å². The maximum absolute atomic E-state index is 13.7. The summed E-state index contributed by atoms with van der Waals surface area (Å²) in [6, 6.07) is 12.3. The highest BCUT2D eigenvalue weighted by Gasteiger charge is 2.05. The van der Waals surface area contributed by atoms with Crippen LogP contribution in [-0.2, 0) is 0 Å². The van der Waals surface area contributed by atoms with Gasteiger partial charge < -0.3 is 0 Å². The second kappa shape index (κ2) is 6.24. The Morgan fingerprint density at radius 3 is 2.45 bits per heavy atom. The normalized spacial score (nSPS) is 10.0. The van der Waals surface area contributed by atoms with Crippen LogP contribution >= 0.6 is 0 Å². The van der Waals surface area contributed by atoms with Gasteiger partial charge in [0.1, 0.15) is 5.82 Å². The zero-order chi connectivity index (χ0) is 14.5. The third kappa shape index (κ3) is 2.82. The fourth-order valence-corrected chi connectivity index (χ4v) is 1.97. The molecule has 1 aromatic heterocycles. The van der Waals surface area contributed by atoms with Crippen molar-refractivity contribution in [3.8, 4) is 11.1 Å². The van der Waals surface area contributed by atoms with E-state index in [1.165, 1.54) is 6.07 Å². The minimum Gasteiger partial charge on any atom is -0.253 e. The molecule has 20 heavy (non-hydrogen) atoms. The molecule has 0 fully saturated rings. The van der Waals surface area contributed by atoms with Gasteiger partial charge in [0, 0.05) is 11.8 Å². The molecular weight excluding hydrogens is 251 g/mol. The van der Waals surface area contributed by atoms with Gasteiger partial charge in [0.15, 0.2) is 0 Å². The van der Waals surface area contributed by atoms with Crippen LogP contribution in [0.15, 0.2) is 48.7 Å². The van der Waals surface area contributed by atoms with Crippen molar-refractivity contribution in [3.63, 3.8) is 0 Å². The Bertz CT molecular complexity index is 723. The van der Waals surface area contributed by atoms with E-state index in [9.17, 15) is 4.39 Å². The highest BCUT2D eigenvalue weighted by atomic mass is 19.1. The molecule has 0 spiro atoms. The predicted molar refractivity (Wildman–Crippen MR) is 81.0 cm³/mol. The molecule has 0 amide bonds. The first kappa shape index (κ1) is 14.1. The molecule has 0 radical (unpaired) electrons. The lowest BCUT2D eigenvalue weighted by molar-refractivity contribution is 0.631. The molecule has 3 rings (SSSR count). The minimum absolute atomic E-state index is 0.225. The van der Waals surface area contributed by atoms with Crippen LogP contribution < -0.4 is 0 Å². The van der Waals surface area contributed by atoms with Gasteiger partial charge in [-0.15, -0.1) is 0 Å². The fourth-order valence-electron chi connectivity index (χ4n) is 1.97. The van der Waals surface area contributed by atoms with Crippen LogP contribution in [0, 0.1) is 12.7 Å². The zero-order valence-electron chi connectivity index (χ0n) is 11.9. The number of rotatable bonds is 1. The van der Waals surface area contributed by atoms with Crippen molar-refractivity contribution in [1.29, 1.82) is 0 Å². The number of aryl methyl sites for hydroxylation is 1. The summed E-state index contributed by atoms with van der Waals surface area (Å²) in [5.41, 5.74) is 3.87. The maximum atomic E-state index is 13.7. The van der Waals surface area contributed by atoms with Gasteiger partial charge in [-0.05, 0) is 30.7 Å². The summed E-state index contributed by atoms with van der Waals surface area (Å²) < 4.78 is 13.7. The van der Waals surface area contributed by atoms with Gasteiger partial charge in [0.25, 0.3) is 0 Å². The first-order valence-electron chi connectivity index (χ1n) is 6.72. The summed E-state index contributed by atoms with van der Waals surface area (Å²) in [7, 11) is 0. The van der Waals surface area contributed by atoms with Crippen LogP contribution in [0.4, 0.5) is 4.39 Å². The van der Waals surface area contributed by atoms with E-state index in [1.54, 1.807) is 18.3 Å². The first-order valence-corrected chi connectivity index (χ1v) is 6.72. The molecule has 102 valence electrons. The third-order valence-electron chi connectivity index (χ3n) is 2.85. The lowest BCUT2D eigenvalue weighted by atomic mass is 10.0. The number of hydrogen-bond acceptors (Lipinski definition) is 2. The van der Waals surface area contributed by atoms with Gasteiger partial charge in [0.2, 0.25) is 0 Å². The Morgan fingerprint density at radius 2 is 1.70 bits per heavy atom. The van der Waals surface area contributed by atoms with Gasteiger partial charge in [0.05, 0.1) is 16.7 Å². The topological polar surface area (TPSA) is 25.8 Å². The molecule has 0 saturated heterocycles. The van der Waals surface area contributed by atoms with Gasteiger partial charge in [-0.2, -0.15) is 0 Å². The van der Waals surface area contributed by atoms with Crippen molar-refractivity contribution in [2.24, 2.45) is 0 Å². The molecule has 0 unspecified atom stereocenters. The van der Waals surface area contributed by atoms with E-state index in [-0.39, 0.29) is 5.82 Å². The molecule has 0 saturated carbocycles. The Hall–Kier alpha value is -2.29. The van der Waals surface area contributed by atoms with Crippen molar-refractivity contribution in [1.82, 2.24) is 9.97 Å². The SMILES string of the molecule is CC.Cc1cnc2ccc(-c3ccccc3F)cc2n1. The summed E-state index contributed by atoms with van der Waals surface area (Å²) in [5.74, 6) is -0.225. The molecule has 0 aliphatic heterocycles. The highest BCUT2D eigenvalue weighted by Crippen LogP contribution is 2.25. The smallest absolute Gasteiger partial charge is 0.131 e. The van der Waals surface area contributed by atoms with E-state index in [0.717, 1.165) is 22.3 Å². The average molecular weight is 268 g/mol. The minimum atomic E-state index is -0.225. The van der Waals surface area contributed by atoms with Gasteiger partial charge >= 0.3 is 0 Å². The monoisotopic (exact) mass is 268 g/mol. The van der Waals surface area contributed by atoms with E-state index >= 15 is 0 Å². The van der Waals surface area contributed by atoms with Gasteiger partial charge in [-0.3, -0.25) is 4.98 Å².